The molecule has 1 heterocycles. The molecule has 4 heteroatoms. The number of hydrogen-bond acceptors (Lipinski definition) is 2. The fourth-order valence-corrected chi connectivity index (χ4v) is 3.51. The van der Waals surface area contributed by atoms with Crippen molar-refractivity contribution < 1.29 is 0 Å². The van der Waals surface area contributed by atoms with Crippen LogP contribution in [-0.2, 0) is 0 Å². The van der Waals surface area contributed by atoms with Crippen LogP contribution in [0.25, 0.3) is 0 Å². The number of hydrogen-bond donors (Lipinski definition) is 1. The second-order valence-corrected chi connectivity index (χ2v) is 6.68. The molecule has 1 aromatic rings. The molecule has 0 aliphatic heterocycles. The first-order chi connectivity index (χ1) is 7.08. The van der Waals surface area contributed by atoms with Crippen LogP contribution in [0, 0.1) is 0 Å². The summed E-state index contributed by atoms with van der Waals surface area (Å²) in [5, 5.41) is 3.33. The van der Waals surface area contributed by atoms with E-state index >= 15 is 0 Å². The van der Waals surface area contributed by atoms with E-state index in [2.05, 4.69) is 56.7 Å². The Morgan fingerprint density at radius 3 is 2.67 bits per heavy atom. The van der Waals surface area contributed by atoms with E-state index in [0.29, 0.717) is 6.04 Å². The van der Waals surface area contributed by atoms with Gasteiger partial charge in [0.15, 0.2) is 0 Å². The van der Waals surface area contributed by atoms with Gasteiger partial charge in [0, 0.05) is 15.4 Å². The molecule has 0 saturated heterocycles. The minimum atomic E-state index is 0.380. The average molecular weight is 353 g/mol. The van der Waals surface area contributed by atoms with E-state index in [4.69, 9.17) is 0 Å². The van der Waals surface area contributed by atoms with Gasteiger partial charge in [-0.15, -0.1) is 11.3 Å². The first-order valence-corrected chi connectivity index (χ1v) is 7.27. The van der Waals surface area contributed by atoms with Gasteiger partial charge in [-0.2, -0.15) is 0 Å². The Hall–Kier alpha value is 0.360. The molecule has 1 nitrogen and oxygen atoms in total. The summed E-state index contributed by atoms with van der Waals surface area (Å²) in [6.07, 6.45) is 2.05. The van der Waals surface area contributed by atoms with Crippen molar-refractivity contribution in [2.24, 2.45) is 0 Å². The van der Waals surface area contributed by atoms with Crippen LogP contribution in [-0.4, -0.2) is 7.05 Å². The minimum absolute atomic E-state index is 0.380. The summed E-state index contributed by atoms with van der Waals surface area (Å²) in [7, 11) is 2.00. The molecule has 0 amide bonds. The predicted octanol–water partition coefficient (Wildman–Crippen LogP) is 4.89. The molecule has 0 fully saturated rings. The van der Waals surface area contributed by atoms with E-state index in [-0.39, 0.29) is 0 Å². The highest BCUT2D eigenvalue weighted by molar-refractivity contribution is 9.13. The van der Waals surface area contributed by atoms with E-state index in [1.165, 1.54) is 10.5 Å². The zero-order valence-electron chi connectivity index (χ0n) is 8.94. The van der Waals surface area contributed by atoms with Crippen LogP contribution in [0.1, 0.15) is 30.7 Å². The van der Waals surface area contributed by atoms with Gasteiger partial charge in [0.05, 0.1) is 3.79 Å². The van der Waals surface area contributed by atoms with Crippen molar-refractivity contribution in [2.45, 2.75) is 25.8 Å². The van der Waals surface area contributed by atoms with E-state index in [9.17, 15) is 0 Å². The molecule has 0 radical (unpaired) electrons. The molecule has 0 saturated carbocycles. The number of thiophene rings is 1. The van der Waals surface area contributed by atoms with Crippen molar-refractivity contribution in [3.8, 4) is 0 Å². The Morgan fingerprint density at radius 2 is 2.27 bits per heavy atom. The lowest BCUT2D eigenvalue weighted by atomic mass is 10.0. The molecule has 0 spiro atoms. The van der Waals surface area contributed by atoms with E-state index in [1.54, 1.807) is 11.3 Å². The van der Waals surface area contributed by atoms with Crippen LogP contribution in [0.5, 0.6) is 0 Å². The maximum atomic E-state index is 4.06. The lowest BCUT2D eigenvalue weighted by Crippen LogP contribution is -2.15. The molecule has 1 rings (SSSR count). The number of rotatable bonds is 5. The van der Waals surface area contributed by atoms with Crippen molar-refractivity contribution in [3.63, 3.8) is 0 Å². The predicted molar refractivity (Wildman–Crippen MR) is 75.6 cm³/mol. The van der Waals surface area contributed by atoms with Crippen molar-refractivity contribution in [1.29, 1.82) is 0 Å². The maximum absolute atomic E-state index is 4.06. The largest absolute Gasteiger partial charge is 0.312 e. The molecule has 15 heavy (non-hydrogen) atoms. The standard InChI is InChI=1S/C11H15Br2NS/c1-4-7(2)5-9(14-3)10-6-8(12)11(13)15-10/h6,9,14H,2,4-5H2,1,3H3. The average Bonchev–Trinajstić information content (AvgIpc) is 2.55. The molecule has 0 aliphatic carbocycles. The molecule has 1 N–H and O–H groups in total. The summed E-state index contributed by atoms with van der Waals surface area (Å²) < 4.78 is 2.28. The normalized spacial score (nSPS) is 12.8. The number of nitrogens with one attached hydrogen (secondary N) is 1. The molecular weight excluding hydrogens is 338 g/mol. The third kappa shape index (κ3) is 3.70. The van der Waals surface area contributed by atoms with Crippen molar-refractivity contribution in [3.05, 3.63) is 31.4 Å². The first-order valence-electron chi connectivity index (χ1n) is 4.87. The molecule has 1 atom stereocenters. The van der Waals surface area contributed by atoms with Crippen molar-refractivity contribution >= 4 is 43.2 Å². The Morgan fingerprint density at radius 1 is 1.60 bits per heavy atom. The number of halogens is 2. The SMILES string of the molecule is C=C(CC)CC(NC)c1cc(Br)c(Br)s1. The van der Waals surface area contributed by atoms with E-state index < -0.39 is 0 Å². The fraction of sp³-hybridized carbons (Fsp3) is 0.455. The Bertz CT molecular complexity index is 327. The highest BCUT2D eigenvalue weighted by Crippen LogP contribution is 2.37. The summed E-state index contributed by atoms with van der Waals surface area (Å²) in [4.78, 5) is 1.34. The second-order valence-electron chi connectivity index (χ2n) is 3.42. The molecule has 84 valence electrons. The van der Waals surface area contributed by atoms with E-state index in [0.717, 1.165) is 21.1 Å². The molecule has 0 bridgehead atoms. The summed E-state index contributed by atoms with van der Waals surface area (Å²) in [5.74, 6) is 0. The van der Waals surface area contributed by atoms with Gasteiger partial charge in [0.1, 0.15) is 0 Å². The van der Waals surface area contributed by atoms with Crippen LogP contribution < -0.4 is 5.32 Å². The summed E-state index contributed by atoms with van der Waals surface area (Å²) in [6, 6.07) is 2.55. The second kappa shape index (κ2) is 6.18. The van der Waals surface area contributed by atoms with Gasteiger partial charge >= 0.3 is 0 Å². The Balaban J connectivity index is 2.78. The third-order valence-corrected chi connectivity index (χ3v) is 5.72. The lowest BCUT2D eigenvalue weighted by Gasteiger charge is -2.15. The van der Waals surface area contributed by atoms with Crippen LogP contribution in [0.15, 0.2) is 26.5 Å². The van der Waals surface area contributed by atoms with Gasteiger partial charge in [-0.05, 0) is 57.8 Å². The van der Waals surface area contributed by atoms with Gasteiger partial charge < -0.3 is 5.32 Å². The van der Waals surface area contributed by atoms with Gasteiger partial charge in [-0.1, -0.05) is 19.1 Å². The minimum Gasteiger partial charge on any atom is -0.312 e. The zero-order chi connectivity index (χ0) is 11.4. The smallest absolute Gasteiger partial charge is 0.0843 e. The monoisotopic (exact) mass is 351 g/mol. The highest BCUT2D eigenvalue weighted by atomic mass is 79.9. The first kappa shape index (κ1) is 13.4. The van der Waals surface area contributed by atoms with Gasteiger partial charge in [-0.3, -0.25) is 0 Å². The zero-order valence-corrected chi connectivity index (χ0v) is 12.9. The van der Waals surface area contributed by atoms with Crippen LogP contribution in [0.2, 0.25) is 0 Å². The Labute approximate surface area is 112 Å². The summed E-state index contributed by atoms with van der Waals surface area (Å²) >= 11 is 8.79. The molecule has 1 unspecified atom stereocenters. The van der Waals surface area contributed by atoms with Crippen molar-refractivity contribution in [2.75, 3.05) is 7.05 Å². The van der Waals surface area contributed by atoms with Crippen LogP contribution in [0.3, 0.4) is 0 Å². The lowest BCUT2D eigenvalue weighted by molar-refractivity contribution is 0.592. The Kier molecular flexibility index (Phi) is 5.53. The molecule has 0 aromatic carbocycles. The van der Waals surface area contributed by atoms with Gasteiger partial charge in [0.2, 0.25) is 0 Å². The van der Waals surface area contributed by atoms with Gasteiger partial charge in [0.25, 0.3) is 0 Å². The van der Waals surface area contributed by atoms with E-state index in [1.807, 2.05) is 7.05 Å². The van der Waals surface area contributed by atoms with Crippen LogP contribution >= 0.6 is 43.2 Å². The maximum Gasteiger partial charge on any atom is 0.0843 e. The fourth-order valence-electron chi connectivity index (χ4n) is 1.31. The van der Waals surface area contributed by atoms with Gasteiger partial charge in [-0.25, -0.2) is 0 Å². The van der Waals surface area contributed by atoms with Crippen LogP contribution in [0.4, 0.5) is 0 Å². The highest BCUT2D eigenvalue weighted by Gasteiger charge is 2.14. The summed E-state index contributed by atoms with van der Waals surface area (Å²) in [5.41, 5.74) is 1.29. The summed E-state index contributed by atoms with van der Waals surface area (Å²) in [6.45, 7) is 6.20. The molecule has 1 aromatic heterocycles. The third-order valence-electron chi connectivity index (χ3n) is 2.35. The topological polar surface area (TPSA) is 12.0 Å². The molecular formula is C11H15Br2NS. The van der Waals surface area contributed by atoms with Crippen molar-refractivity contribution in [1.82, 2.24) is 5.32 Å². The quantitative estimate of drug-likeness (QED) is 0.744. The molecule has 0 aliphatic rings.